The molecule has 1 amide bonds. The number of carbonyl (C=O) groups is 3. The van der Waals surface area contributed by atoms with Crippen LogP contribution in [0.5, 0.6) is 5.75 Å². The molecule has 10 nitrogen and oxygen atoms in total. The summed E-state index contributed by atoms with van der Waals surface area (Å²) >= 11 is 0. The number of ketones is 2. The van der Waals surface area contributed by atoms with Gasteiger partial charge in [0.2, 0.25) is 5.78 Å². The van der Waals surface area contributed by atoms with E-state index in [1.165, 1.54) is 0 Å². The Bertz CT molecular complexity index is 1310. The van der Waals surface area contributed by atoms with Crippen molar-refractivity contribution >= 4 is 23.0 Å². The molecule has 2 unspecified atom stereocenters. The maximum absolute atomic E-state index is 13.7. The summed E-state index contributed by atoms with van der Waals surface area (Å²) < 4.78 is 0. The van der Waals surface area contributed by atoms with Crippen LogP contribution in [-0.4, -0.2) is 60.8 Å². The van der Waals surface area contributed by atoms with Gasteiger partial charge >= 0.3 is 0 Å². The van der Waals surface area contributed by atoms with Crippen LogP contribution in [0.15, 0.2) is 40.9 Å². The van der Waals surface area contributed by atoms with Gasteiger partial charge in [-0.2, -0.15) is 0 Å². The predicted molar refractivity (Wildman–Crippen MR) is 122 cm³/mol. The maximum atomic E-state index is 13.7. The minimum atomic E-state index is -2.98. The Morgan fingerprint density at radius 1 is 1.17 bits per heavy atom. The van der Waals surface area contributed by atoms with Gasteiger partial charge in [-0.25, -0.2) is 0 Å². The molecule has 4 aliphatic carbocycles. The molecule has 35 heavy (non-hydrogen) atoms. The van der Waals surface area contributed by atoms with Crippen LogP contribution in [0.25, 0.3) is 5.57 Å². The number of aliphatic hydroxyl groups is 4. The Morgan fingerprint density at radius 2 is 1.86 bits per heavy atom. The average Bonchev–Trinajstić information content (AvgIpc) is 3.33. The fraction of sp³-hybridized carbons (Fsp3) is 0.400. The van der Waals surface area contributed by atoms with E-state index in [0.29, 0.717) is 11.1 Å². The third-order valence-corrected chi connectivity index (χ3v) is 8.04. The second-order valence-corrected chi connectivity index (χ2v) is 9.72. The highest BCUT2D eigenvalue weighted by Gasteiger charge is 2.66. The zero-order chi connectivity index (χ0) is 25.6. The molecule has 5 rings (SSSR count). The quantitative estimate of drug-likeness (QED) is 0.295. The van der Waals surface area contributed by atoms with Gasteiger partial charge in [-0.05, 0) is 36.3 Å². The zero-order valence-electron chi connectivity index (χ0n) is 18.9. The first-order valence-corrected chi connectivity index (χ1v) is 11.4. The highest BCUT2D eigenvalue weighted by atomic mass is 16.4. The van der Waals surface area contributed by atoms with Gasteiger partial charge in [-0.3, -0.25) is 14.4 Å². The number of amides is 1. The molecule has 0 spiro atoms. The summed E-state index contributed by atoms with van der Waals surface area (Å²) in [5.41, 5.74) is 8.49. The number of phenolic OH excluding ortho intramolecular Hbond substituents is 1. The van der Waals surface area contributed by atoms with Crippen LogP contribution in [0, 0.1) is 11.8 Å². The number of Topliss-reactive ketones (excluding diaryl/α,β-unsaturated/α-hetero) is 2. The number of hydrogen-bond donors (Lipinski definition) is 7. The number of fused-ring (bicyclic) bond motifs is 3. The van der Waals surface area contributed by atoms with E-state index in [-0.39, 0.29) is 11.3 Å². The molecule has 10 heteroatoms. The predicted octanol–water partition coefficient (Wildman–Crippen LogP) is 0.617. The lowest BCUT2D eigenvalue weighted by atomic mass is 9.55. The topological polar surface area (TPSA) is 204 Å². The van der Waals surface area contributed by atoms with Crippen LogP contribution in [0.1, 0.15) is 53.6 Å². The third-order valence-electron chi connectivity index (χ3n) is 8.04. The lowest BCUT2D eigenvalue weighted by molar-refractivity contribution is -0.156. The number of carbonyl (C=O) groups excluding carboxylic acids is 3. The number of allylic oxidation sites excluding steroid dienone is 2. The van der Waals surface area contributed by atoms with Crippen molar-refractivity contribution in [1.82, 2.24) is 0 Å². The van der Waals surface area contributed by atoms with Gasteiger partial charge in [-0.15, -0.1) is 0 Å². The SMILES string of the molecule is C[C@H]1c2ccc(C3=CCCC3)c(O)c2C(=O)C2=C(O)[C@]3(O)C(=O)C(C(N)=O)=C(O)[C@@H](N)C3[C@@H](O)C21. The summed E-state index contributed by atoms with van der Waals surface area (Å²) in [5.74, 6) is -9.39. The number of nitrogens with two attached hydrogens (primary N) is 2. The van der Waals surface area contributed by atoms with Gasteiger partial charge in [0.25, 0.3) is 5.91 Å². The molecule has 1 aromatic carbocycles. The number of aromatic hydroxyl groups is 1. The van der Waals surface area contributed by atoms with Crippen molar-refractivity contribution in [3.05, 3.63) is 57.6 Å². The van der Waals surface area contributed by atoms with E-state index in [0.717, 1.165) is 24.8 Å². The molecule has 184 valence electrons. The molecule has 0 radical (unpaired) electrons. The van der Waals surface area contributed by atoms with Gasteiger partial charge in [0, 0.05) is 17.1 Å². The van der Waals surface area contributed by atoms with Crippen molar-refractivity contribution in [2.75, 3.05) is 0 Å². The Morgan fingerprint density at radius 3 is 2.46 bits per heavy atom. The number of phenols is 1. The first kappa shape index (κ1) is 23.3. The van der Waals surface area contributed by atoms with E-state index in [2.05, 4.69) is 0 Å². The Balaban J connectivity index is 1.75. The molecule has 0 aromatic heterocycles. The largest absolute Gasteiger partial charge is 0.510 e. The lowest BCUT2D eigenvalue weighted by Crippen LogP contribution is -2.68. The Labute approximate surface area is 199 Å². The standard InChI is InChI=1S/C25H26N2O8/c1-8-10-6-7-11(9-4-2-3-5-9)18(28)13(10)19(29)14-12(8)20(30)16-17(26)21(31)15(24(27)34)23(33)25(16,35)22(14)32/h4,6-8,12,16-17,20,28,30-32,35H,2-3,5,26H2,1H3,(H2,27,34)/t8-,12?,16?,17-,20-,25-/m0/s1. The molecule has 0 bridgehead atoms. The second-order valence-electron chi connectivity index (χ2n) is 9.72. The molecule has 9 N–H and O–H groups in total. The molecule has 4 aliphatic rings. The zero-order valence-corrected chi connectivity index (χ0v) is 18.9. The van der Waals surface area contributed by atoms with E-state index in [4.69, 9.17) is 11.5 Å². The maximum Gasteiger partial charge on any atom is 0.255 e. The first-order valence-electron chi connectivity index (χ1n) is 11.4. The fourth-order valence-electron chi connectivity index (χ4n) is 6.31. The Hall–Kier alpha value is -3.47. The van der Waals surface area contributed by atoms with Crippen LogP contribution >= 0.6 is 0 Å². The number of benzene rings is 1. The molecule has 6 atom stereocenters. The number of rotatable bonds is 2. The van der Waals surface area contributed by atoms with Crippen molar-refractivity contribution in [2.45, 2.75) is 49.9 Å². The highest BCUT2D eigenvalue weighted by molar-refractivity contribution is 6.25. The van der Waals surface area contributed by atoms with E-state index >= 15 is 0 Å². The molecular weight excluding hydrogens is 456 g/mol. The van der Waals surface area contributed by atoms with E-state index in [1.807, 2.05) is 6.08 Å². The third kappa shape index (κ3) is 2.78. The van der Waals surface area contributed by atoms with Gasteiger partial charge in [0.05, 0.1) is 23.6 Å². The monoisotopic (exact) mass is 482 g/mol. The molecule has 0 saturated carbocycles. The van der Waals surface area contributed by atoms with Crippen LogP contribution in [0.2, 0.25) is 0 Å². The lowest BCUT2D eigenvalue weighted by Gasteiger charge is -2.51. The minimum absolute atomic E-state index is 0.0871. The number of aliphatic hydroxyl groups excluding tert-OH is 3. The normalized spacial score (nSPS) is 34.4. The van der Waals surface area contributed by atoms with Crippen molar-refractivity contribution in [3.63, 3.8) is 0 Å². The van der Waals surface area contributed by atoms with E-state index < -0.39 is 75.6 Å². The summed E-state index contributed by atoms with van der Waals surface area (Å²) in [4.78, 5) is 38.7. The van der Waals surface area contributed by atoms with Crippen molar-refractivity contribution in [2.24, 2.45) is 23.3 Å². The minimum Gasteiger partial charge on any atom is -0.510 e. The fourth-order valence-corrected chi connectivity index (χ4v) is 6.31. The highest BCUT2D eigenvalue weighted by Crippen LogP contribution is 2.55. The van der Waals surface area contributed by atoms with Gasteiger partial charge < -0.3 is 37.0 Å². The molecule has 0 saturated heterocycles. The summed E-state index contributed by atoms with van der Waals surface area (Å²) in [6.45, 7) is 1.67. The van der Waals surface area contributed by atoms with Crippen LogP contribution in [0.4, 0.5) is 0 Å². The number of primary amides is 1. The molecule has 1 aromatic rings. The summed E-state index contributed by atoms with van der Waals surface area (Å²) in [6.07, 6.45) is 2.78. The van der Waals surface area contributed by atoms with Crippen LogP contribution < -0.4 is 11.5 Å². The van der Waals surface area contributed by atoms with E-state index in [9.17, 15) is 39.9 Å². The average molecular weight is 482 g/mol. The summed E-state index contributed by atoms with van der Waals surface area (Å²) in [5, 5.41) is 55.4. The smallest absolute Gasteiger partial charge is 0.255 e. The number of hydrogen-bond acceptors (Lipinski definition) is 9. The van der Waals surface area contributed by atoms with Gasteiger partial charge in [-0.1, -0.05) is 25.1 Å². The van der Waals surface area contributed by atoms with E-state index in [1.54, 1.807) is 19.1 Å². The van der Waals surface area contributed by atoms with Gasteiger partial charge in [0.15, 0.2) is 11.4 Å². The Kier molecular flexibility index (Phi) is 5.00. The summed E-state index contributed by atoms with van der Waals surface area (Å²) in [7, 11) is 0. The molecular formula is C25H26N2O8. The molecule has 0 heterocycles. The molecule has 0 aliphatic heterocycles. The van der Waals surface area contributed by atoms with Gasteiger partial charge in [0.1, 0.15) is 22.8 Å². The second kappa shape index (κ2) is 7.51. The molecule has 0 fully saturated rings. The van der Waals surface area contributed by atoms with Crippen LogP contribution in [-0.2, 0) is 9.59 Å². The summed E-state index contributed by atoms with van der Waals surface area (Å²) in [6, 6.07) is 1.76. The van der Waals surface area contributed by atoms with Crippen molar-refractivity contribution in [3.8, 4) is 5.75 Å². The van der Waals surface area contributed by atoms with Crippen LogP contribution in [0.3, 0.4) is 0 Å². The van der Waals surface area contributed by atoms with Crippen molar-refractivity contribution < 1.29 is 39.9 Å². The van der Waals surface area contributed by atoms with Crippen molar-refractivity contribution in [1.29, 1.82) is 0 Å². The first-order chi connectivity index (χ1) is 16.4.